The minimum absolute atomic E-state index is 1.12. The van der Waals surface area contributed by atoms with Gasteiger partial charge in [-0.15, -0.1) is 0 Å². The number of fused-ring (bicyclic) bond motifs is 1. The van der Waals surface area contributed by atoms with Crippen molar-refractivity contribution in [3.63, 3.8) is 0 Å². The predicted molar refractivity (Wildman–Crippen MR) is 57.3 cm³/mol. The van der Waals surface area contributed by atoms with Gasteiger partial charge in [-0.25, -0.2) is 0 Å². The van der Waals surface area contributed by atoms with Crippen LogP contribution in [0, 0.1) is 17.8 Å². The van der Waals surface area contributed by atoms with Gasteiger partial charge in [0, 0.05) is 0 Å². The molecule has 0 amide bonds. The Morgan fingerprint density at radius 2 is 1.25 bits per heavy atom. The van der Waals surface area contributed by atoms with E-state index in [1.807, 2.05) is 27.7 Å². The first-order valence-corrected chi connectivity index (χ1v) is 5.90. The van der Waals surface area contributed by atoms with Crippen LogP contribution in [0.15, 0.2) is 0 Å². The van der Waals surface area contributed by atoms with E-state index < -0.39 is 0 Å². The Kier molecular flexibility index (Phi) is 6.51. The lowest BCUT2D eigenvalue weighted by molar-refractivity contribution is 0.473. The smallest absolute Gasteiger partial charge is 0.0380 e. The fourth-order valence-electron chi connectivity index (χ4n) is 2.17. The Morgan fingerprint density at radius 3 is 1.50 bits per heavy atom. The normalized spacial score (nSPS) is 35.2. The van der Waals surface area contributed by atoms with Gasteiger partial charge < -0.3 is 0 Å². The summed E-state index contributed by atoms with van der Waals surface area (Å²) in [4.78, 5) is 0. The number of hydrogen-bond acceptors (Lipinski definition) is 0. The molecule has 0 heteroatoms. The fourth-order valence-corrected chi connectivity index (χ4v) is 2.17. The van der Waals surface area contributed by atoms with E-state index in [4.69, 9.17) is 0 Å². The summed E-state index contributed by atoms with van der Waals surface area (Å²) in [6, 6.07) is 0. The molecule has 0 N–H and O–H groups in total. The number of hydrogen-bond donors (Lipinski definition) is 0. The molecule has 0 radical (unpaired) electrons. The lowest BCUT2D eigenvalue weighted by Crippen LogP contribution is -1.92. The van der Waals surface area contributed by atoms with Crippen LogP contribution in [0.4, 0.5) is 0 Å². The zero-order valence-corrected chi connectivity index (χ0v) is 9.56. The molecule has 0 spiro atoms. The molecule has 0 aromatic heterocycles. The van der Waals surface area contributed by atoms with Crippen LogP contribution in [0.5, 0.6) is 0 Å². The van der Waals surface area contributed by atoms with Crippen LogP contribution in [0.3, 0.4) is 0 Å². The van der Waals surface area contributed by atoms with Crippen LogP contribution in [-0.4, -0.2) is 0 Å². The molecular formula is C12H26. The zero-order chi connectivity index (χ0) is 9.56. The van der Waals surface area contributed by atoms with E-state index in [9.17, 15) is 0 Å². The zero-order valence-electron chi connectivity index (χ0n) is 9.56. The van der Waals surface area contributed by atoms with Crippen molar-refractivity contribution in [2.24, 2.45) is 17.8 Å². The van der Waals surface area contributed by atoms with Crippen LogP contribution in [0.2, 0.25) is 0 Å². The van der Waals surface area contributed by atoms with Gasteiger partial charge in [0.1, 0.15) is 0 Å². The van der Waals surface area contributed by atoms with Gasteiger partial charge in [-0.2, -0.15) is 0 Å². The van der Waals surface area contributed by atoms with Gasteiger partial charge in [-0.3, -0.25) is 0 Å². The van der Waals surface area contributed by atoms with E-state index in [1.54, 1.807) is 19.3 Å². The van der Waals surface area contributed by atoms with Crippen molar-refractivity contribution in [1.29, 1.82) is 0 Å². The fraction of sp³-hybridized carbons (Fsp3) is 1.00. The molecule has 2 aliphatic carbocycles. The lowest BCUT2D eigenvalue weighted by Gasteiger charge is -2.04. The highest BCUT2D eigenvalue weighted by molar-refractivity contribution is 4.95. The van der Waals surface area contributed by atoms with Crippen molar-refractivity contribution in [3.8, 4) is 0 Å². The quantitative estimate of drug-likeness (QED) is 0.543. The third-order valence-corrected chi connectivity index (χ3v) is 2.92. The maximum Gasteiger partial charge on any atom is -0.0380 e. The summed E-state index contributed by atoms with van der Waals surface area (Å²) in [5.41, 5.74) is 0. The topological polar surface area (TPSA) is 0 Å². The minimum Gasteiger partial charge on any atom is -0.0683 e. The largest absolute Gasteiger partial charge is 0.0683 e. The summed E-state index contributed by atoms with van der Waals surface area (Å²) in [5.74, 6) is 3.51. The highest BCUT2D eigenvalue weighted by Crippen LogP contribution is 2.54. The highest BCUT2D eigenvalue weighted by Gasteiger charge is 2.44. The monoisotopic (exact) mass is 170 g/mol. The molecule has 12 heavy (non-hydrogen) atoms. The molecule has 0 heterocycles. The van der Waals surface area contributed by atoms with Gasteiger partial charge in [0.2, 0.25) is 0 Å². The Morgan fingerprint density at radius 1 is 0.833 bits per heavy atom. The van der Waals surface area contributed by atoms with Crippen LogP contribution in [0.1, 0.15) is 60.3 Å². The van der Waals surface area contributed by atoms with E-state index in [1.165, 1.54) is 18.3 Å². The highest BCUT2D eigenvalue weighted by atomic mass is 14.5. The summed E-state index contributed by atoms with van der Waals surface area (Å²) < 4.78 is 0. The molecular weight excluding hydrogens is 144 g/mol. The van der Waals surface area contributed by atoms with E-state index >= 15 is 0 Å². The SMILES string of the molecule is CC.CC.CCC1CC2CC2C1. The standard InChI is InChI=1S/C8H14.2C2H6/c1-2-6-3-7-5-8(7)4-6;2*1-2/h6-8H,2-5H2,1H3;2*1-2H3. The molecule has 0 aliphatic heterocycles. The first kappa shape index (κ1) is 12.0. The van der Waals surface area contributed by atoms with Crippen LogP contribution in [0.25, 0.3) is 0 Å². The molecule has 0 aromatic carbocycles. The molecule has 0 bridgehead atoms. The third-order valence-electron chi connectivity index (χ3n) is 2.92. The summed E-state index contributed by atoms with van der Waals surface area (Å²) in [6.07, 6.45) is 6.16. The average molecular weight is 170 g/mol. The van der Waals surface area contributed by atoms with Crippen molar-refractivity contribution in [1.82, 2.24) is 0 Å². The van der Waals surface area contributed by atoms with Gasteiger partial charge in [-0.05, 0) is 37.0 Å². The number of rotatable bonds is 1. The van der Waals surface area contributed by atoms with Crippen molar-refractivity contribution in [2.45, 2.75) is 60.3 Å². The molecule has 2 saturated carbocycles. The van der Waals surface area contributed by atoms with Gasteiger partial charge in [0.15, 0.2) is 0 Å². The lowest BCUT2D eigenvalue weighted by atomic mass is 10.0. The Hall–Kier alpha value is 0. The molecule has 2 atom stereocenters. The van der Waals surface area contributed by atoms with Crippen molar-refractivity contribution >= 4 is 0 Å². The van der Waals surface area contributed by atoms with Crippen molar-refractivity contribution < 1.29 is 0 Å². The second kappa shape index (κ2) is 6.51. The van der Waals surface area contributed by atoms with Gasteiger partial charge in [0.25, 0.3) is 0 Å². The van der Waals surface area contributed by atoms with Crippen molar-refractivity contribution in [2.75, 3.05) is 0 Å². The van der Waals surface area contributed by atoms with Gasteiger partial charge >= 0.3 is 0 Å². The Labute approximate surface area is 78.8 Å². The van der Waals surface area contributed by atoms with E-state index in [-0.39, 0.29) is 0 Å². The van der Waals surface area contributed by atoms with Crippen LogP contribution in [-0.2, 0) is 0 Å². The molecule has 0 saturated heterocycles. The summed E-state index contributed by atoms with van der Waals surface area (Å²) in [6.45, 7) is 10.3. The Bertz CT molecular complexity index is 86.2. The predicted octanol–water partition coefficient (Wildman–Crippen LogP) is 4.49. The average Bonchev–Trinajstić information content (AvgIpc) is 2.80. The molecule has 2 fully saturated rings. The van der Waals surface area contributed by atoms with E-state index in [2.05, 4.69) is 6.92 Å². The van der Waals surface area contributed by atoms with Gasteiger partial charge in [-0.1, -0.05) is 41.0 Å². The second-order valence-electron chi connectivity index (χ2n) is 3.50. The first-order chi connectivity index (χ1) is 5.90. The van der Waals surface area contributed by atoms with Crippen LogP contribution >= 0.6 is 0 Å². The minimum atomic E-state index is 1.12. The molecule has 74 valence electrons. The second-order valence-corrected chi connectivity index (χ2v) is 3.50. The molecule has 0 nitrogen and oxygen atoms in total. The molecule has 2 unspecified atom stereocenters. The van der Waals surface area contributed by atoms with E-state index in [0.29, 0.717) is 0 Å². The maximum atomic E-state index is 2.33. The molecule has 2 rings (SSSR count). The first-order valence-electron chi connectivity index (χ1n) is 5.90. The van der Waals surface area contributed by atoms with E-state index in [0.717, 1.165) is 5.92 Å². The Balaban J connectivity index is 0.000000269. The third kappa shape index (κ3) is 3.16. The molecule has 2 aliphatic rings. The van der Waals surface area contributed by atoms with Gasteiger partial charge in [0.05, 0.1) is 0 Å². The molecule has 0 aromatic rings. The summed E-state index contributed by atoms with van der Waals surface area (Å²) in [7, 11) is 0. The maximum absolute atomic E-state index is 2.33. The van der Waals surface area contributed by atoms with Crippen molar-refractivity contribution in [3.05, 3.63) is 0 Å². The summed E-state index contributed by atoms with van der Waals surface area (Å²) in [5, 5.41) is 0. The van der Waals surface area contributed by atoms with Crippen LogP contribution < -0.4 is 0 Å². The summed E-state index contributed by atoms with van der Waals surface area (Å²) >= 11 is 0.